The lowest BCUT2D eigenvalue weighted by atomic mass is 10.2. The molecule has 96 valence electrons. The number of ether oxygens (including phenoxy) is 1. The average molecular weight is 297 g/mol. The van der Waals surface area contributed by atoms with Gasteiger partial charge in [-0.05, 0) is 20.8 Å². The van der Waals surface area contributed by atoms with Crippen molar-refractivity contribution >= 4 is 40.6 Å². The first kappa shape index (κ1) is 14.5. The van der Waals surface area contributed by atoms with E-state index >= 15 is 0 Å². The number of hydrogen-bond donors (Lipinski definition) is 1. The fourth-order valence-electron chi connectivity index (χ4n) is 1.06. The lowest BCUT2D eigenvalue weighted by Gasteiger charge is -2.19. The Morgan fingerprint density at radius 1 is 1.47 bits per heavy atom. The number of carbonyl (C=O) groups is 1. The van der Waals surface area contributed by atoms with Crippen LogP contribution >= 0.6 is 34.5 Å². The molecule has 0 saturated heterocycles. The summed E-state index contributed by atoms with van der Waals surface area (Å²) in [5.74, 6) is 0. The first-order valence-electron chi connectivity index (χ1n) is 5.05. The van der Waals surface area contributed by atoms with Crippen LogP contribution in [0.15, 0.2) is 0 Å². The second-order valence-electron chi connectivity index (χ2n) is 4.37. The molecule has 1 aromatic heterocycles. The molecule has 0 saturated carbocycles. The molecule has 7 heteroatoms. The summed E-state index contributed by atoms with van der Waals surface area (Å²) in [5.41, 5.74) is 0.198. The van der Waals surface area contributed by atoms with E-state index in [9.17, 15) is 4.79 Å². The number of aromatic nitrogens is 1. The maximum Gasteiger partial charge on any atom is 0.407 e. The summed E-state index contributed by atoms with van der Waals surface area (Å²) in [6.45, 7) is 5.84. The van der Waals surface area contributed by atoms with Crippen molar-refractivity contribution in [2.75, 3.05) is 6.54 Å². The third-order valence-corrected chi connectivity index (χ3v) is 3.09. The Morgan fingerprint density at radius 2 is 2.12 bits per heavy atom. The van der Waals surface area contributed by atoms with Gasteiger partial charge in [0, 0.05) is 13.0 Å². The van der Waals surface area contributed by atoms with Crippen molar-refractivity contribution in [3.05, 3.63) is 14.5 Å². The van der Waals surface area contributed by atoms with Crippen LogP contribution < -0.4 is 5.32 Å². The molecule has 0 fully saturated rings. The zero-order valence-electron chi connectivity index (χ0n) is 9.84. The van der Waals surface area contributed by atoms with Gasteiger partial charge in [-0.1, -0.05) is 34.5 Å². The second-order valence-corrected chi connectivity index (χ2v) is 6.55. The topological polar surface area (TPSA) is 51.2 Å². The van der Waals surface area contributed by atoms with Gasteiger partial charge in [-0.25, -0.2) is 9.78 Å². The summed E-state index contributed by atoms with van der Waals surface area (Å²) in [6.07, 6.45) is 0.0799. The predicted molar refractivity (Wildman–Crippen MR) is 70.1 cm³/mol. The maximum atomic E-state index is 11.3. The number of nitrogens with zero attached hydrogens (tertiary/aromatic N) is 1. The molecule has 17 heavy (non-hydrogen) atoms. The van der Waals surface area contributed by atoms with Crippen molar-refractivity contribution in [1.82, 2.24) is 10.3 Å². The van der Waals surface area contributed by atoms with Gasteiger partial charge in [-0.2, -0.15) is 0 Å². The molecule has 4 nitrogen and oxygen atoms in total. The highest BCUT2D eigenvalue weighted by Crippen LogP contribution is 2.27. The van der Waals surface area contributed by atoms with Gasteiger partial charge in [-0.15, -0.1) is 0 Å². The third kappa shape index (κ3) is 5.57. The summed E-state index contributed by atoms with van der Waals surface area (Å²) in [7, 11) is 0. The Hall–Kier alpha value is -0.520. The monoisotopic (exact) mass is 296 g/mol. The molecule has 0 aliphatic rings. The van der Waals surface area contributed by atoms with Gasteiger partial charge in [-0.3, -0.25) is 0 Å². The van der Waals surface area contributed by atoms with Crippen molar-refractivity contribution in [2.45, 2.75) is 32.8 Å². The summed E-state index contributed by atoms with van der Waals surface area (Å²) < 4.78 is 6.05. The molecular weight excluding hydrogens is 283 g/mol. The number of halogens is 2. The molecule has 1 aromatic rings. The number of hydrogen-bond acceptors (Lipinski definition) is 4. The van der Waals surface area contributed by atoms with E-state index in [1.807, 2.05) is 20.8 Å². The predicted octanol–water partition coefficient (Wildman–Crippen LogP) is 3.52. The van der Waals surface area contributed by atoms with E-state index in [-0.39, 0.29) is 0 Å². The van der Waals surface area contributed by atoms with Crippen molar-refractivity contribution < 1.29 is 9.53 Å². The molecule has 0 aromatic carbocycles. The van der Waals surface area contributed by atoms with E-state index < -0.39 is 11.7 Å². The van der Waals surface area contributed by atoms with Crippen molar-refractivity contribution in [3.8, 4) is 0 Å². The van der Waals surface area contributed by atoms with E-state index in [1.165, 1.54) is 11.3 Å². The maximum absolute atomic E-state index is 11.3. The molecule has 1 rings (SSSR count). The summed E-state index contributed by atoms with van der Waals surface area (Å²) in [5, 5.41) is 2.63. The Kier molecular flexibility index (Phi) is 5.04. The largest absolute Gasteiger partial charge is 0.444 e. The van der Waals surface area contributed by atoms with Crippen LogP contribution in [0.25, 0.3) is 0 Å². The summed E-state index contributed by atoms with van der Waals surface area (Å²) >= 11 is 12.8. The molecule has 0 atom stereocenters. The number of amides is 1. The molecule has 1 N–H and O–H groups in total. The molecule has 1 heterocycles. The molecule has 0 aliphatic carbocycles. The van der Waals surface area contributed by atoms with Gasteiger partial charge in [0.25, 0.3) is 0 Å². The molecule has 0 radical (unpaired) electrons. The minimum Gasteiger partial charge on any atom is -0.444 e. The lowest BCUT2D eigenvalue weighted by Crippen LogP contribution is -2.33. The van der Waals surface area contributed by atoms with E-state index in [0.29, 0.717) is 27.5 Å². The van der Waals surface area contributed by atoms with Crippen molar-refractivity contribution in [3.63, 3.8) is 0 Å². The van der Waals surface area contributed by atoms with Crippen LogP contribution in [0.2, 0.25) is 8.80 Å². The molecule has 0 unspecified atom stereocenters. The van der Waals surface area contributed by atoms with Gasteiger partial charge in [0.1, 0.15) is 9.94 Å². The van der Waals surface area contributed by atoms with Crippen molar-refractivity contribution in [2.24, 2.45) is 0 Å². The minimum atomic E-state index is -0.494. The van der Waals surface area contributed by atoms with Crippen LogP contribution in [0.5, 0.6) is 0 Å². The van der Waals surface area contributed by atoms with E-state index in [4.69, 9.17) is 27.9 Å². The fourth-order valence-corrected chi connectivity index (χ4v) is 2.43. The molecule has 1 amide bonds. The third-order valence-electron chi connectivity index (χ3n) is 1.65. The van der Waals surface area contributed by atoms with E-state index in [0.717, 1.165) is 0 Å². The first-order valence-corrected chi connectivity index (χ1v) is 6.63. The first-order chi connectivity index (χ1) is 7.78. The number of alkyl carbamates (subject to hydrolysis) is 1. The zero-order chi connectivity index (χ0) is 13.1. The zero-order valence-corrected chi connectivity index (χ0v) is 12.2. The minimum absolute atomic E-state index is 0.405. The number of rotatable bonds is 3. The Balaban J connectivity index is 2.33. The highest BCUT2D eigenvalue weighted by atomic mass is 35.5. The number of carbonyl (C=O) groups excluding carboxylic acids is 1. The molecule has 0 aliphatic heterocycles. The van der Waals surface area contributed by atoms with Crippen LogP contribution in [0.3, 0.4) is 0 Å². The standard InChI is InChI=1S/C10H14Cl2N2O2S/c1-10(2,3)16-9(15)13-5-4-6-7(11)17-8(12)14-6/h4-5H2,1-3H3,(H,13,15). The normalized spacial score (nSPS) is 11.4. The van der Waals surface area contributed by atoms with Gasteiger partial charge >= 0.3 is 6.09 Å². The van der Waals surface area contributed by atoms with Gasteiger partial charge in [0.2, 0.25) is 0 Å². The summed E-state index contributed by atoms with van der Waals surface area (Å²) in [6, 6.07) is 0. The van der Waals surface area contributed by atoms with Gasteiger partial charge in [0.05, 0.1) is 5.69 Å². The Labute approximate surface area is 114 Å². The average Bonchev–Trinajstić information content (AvgIpc) is 2.42. The van der Waals surface area contributed by atoms with Crippen LogP contribution in [0.1, 0.15) is 26.5 Å². The van der Waals surface area contributed by atoms with Crippen LogP contribution in [0, 0.1) is 0 Å². The quantitative estimate of drug-likeness (QED) is 0.928. The van der Waals surface area contributed by atoms with E-state index in [2.05, 4.69) is 10.3 Å². The van der Waals surface area contributed by atoms with Crippen LogP contribution in [-0.4, -0.2) is 23.2 Å². The van der Waals surface area contributed by atoms with Crippen LogP contribution in [-0.2, 0) is 11.2 Å². The molecular formula is C10H14Cl2N2O2S. The van der Waals surface area contributed by atoms with Gasteiger partial charge < -0.3 is 10.1 Å². The number of nitrogens with one attached hydrogen (secondary N) is 1. The Bertz CT molecular complexity index is 402. The fraction of sp³-hybridized carbons (Fsp3) is 0.600. The van der Waals surface area contributed by atoms with Gasteiger partial charge in [0.15, 0.2) is 4.47 Å². The second kappa shape index (κ2) is 5.89. The Morgan fingerprint density at radius 3 is 2.59 bits per heavy atom. The van der Waals surface area contributed by atoms with E-state index in [1.54, 1.807) is 0 Å². The van der Waals surface area contributed by atoms with Crippen LogP contribution in [0.4, 0.5) is 4.79 Å². The van der Waals surface area contributed by atoms with Crippen molar-refractivity contribution in [1.29, 1.82) is 0 Å². The molecule has 0 bridgehead atoms. The lowest BCUT2D eigenvalue weighted by molar-refractivity contribution is 0.0528. The smallest absolute Gasteiger partial charge is 0.407 e. The highest BCUT2D eigenvalue weighted by Gasteiger charge is 2.16. The SMILES string of the molecule is CC(C)(C)OC(=O)NCCc1nc(Cl)sc1Cl. The number of thiazole rings is 1. The molecule has 0 spiro atoms. The highest BCUT2D eigenvalue weighted by molar-refractivity contribution is 7.19. The summed E-state index contributed by atoms with van der Waals surface area (Å²) in [4.78, 5) is 15.4.